The van der Waals surface area contributed by atoms with Crippen molar-refractivity contribution in [2.45, 2.75) is 110 Å². The number of hydrogen-bond acceptors (Lipinski definition) is 4. The van der Waals surface area contributed by atoms with E-state index in [1.165, 1.54) is 89.9 Å². The third-order valence-corrected chi connectivity index (χ3v) is 6.16. The van der Waals surface area contributed by atoms with Gasteiger partial charge in [-0.25, -0.2) is 4.79 Å². The minimum Gasteiger partial charge on any atom is -0.464 e. The highest BCUT2D eigenvalue weighted by atomic mass is 16.5. The molecule has 2 N–H and O–H groups in total. The molecule has 0 aliphatic heterocycles. The van der Waals surface area contributed by atoms with E-state index in [4.69, 9.17) is 4.74 Å². The lowest BCUT2D eigenvalue weighted by Gasteiger charge is -2.08. The molecule has 35 heavy (non-hydrogen) atoms. The van der Waals surface area contributed by atoms with Crippen LogP contribution in [0.1, 0.15) is 120 Å². The van der Waals surface area contributed by atoms with Crippen LogP contribution in [0.2, 0.25) is 0 Å². The molecule has 6 nitrogen and oxygen atoms in total. The smallest absolute Gasteiger partial charge is 0.325 e. The molecule has 2 amide bonds. The van der Waals surface area contributed by atoms with E-state index < -0.39 is 12.0 Å². The van der Waals surface area contributed by atoms with Crippen LogP contribution in [0.5, 0.6) is 0 Å². The summed E-state index contributed by atoms with van der Waals surface area (Å²) in [6.45, 7) is 2.32. The molecule has 0 aliphatic carbocycles. The Hall–Kier alpha value is -2.37. The summed E-state index contributed by atoms with van der Waals surface area (Å²) in [5, 5.41) is 4.87. The first-order chi connectivity index (χ1) is 17.1. The van der Waals surface area contributed by atoms with Gasteiger partial charge in [0.2, 0.25) is 0 Å². The maximum atomic E-state index is 11.9. The fourth-order valence-electron chi connectivity index (χ4n) is 3.99. The summed E-state index contributed by atoms with van der Waals surface area (Å²) in [6.07, 6.45) is 20.8. The topological polar surface area (TPSA) is 84.5 Å². The molecule has 1 rings (SSSR count). The Kier molecular flexibility index (Phi) is 19.4. The number of ketones is 1. The molecule has 0 aliphatic rings. The second-order valence-corrected chi connectivity index (χ2v) is 9.35. The molecule has 0 spiro atoms. The lowest BCUT2D eigenvalue weighted by molar-refractivity contribution is -0.142. The van der Waals surface area contributed by atoms with Gasteiger partial charge in [0, 0.05) is 5.56 Å². The summed E-state index contributed by atoms with van der Waals surface area (Å²) in [5.41, 5.74) is 0.533. The van der Waals surface area contributed by atoms with Gasteiger partial charge in [0.25, 0.3) is 0 Å². The van der Waals surface area contributed by atoms with Crippen LogP contribution in [0.4, 0.5) is 4.79 Å². The van der Waals surface area contributed by atoms with E-state index >= 15 is 0 Å². The number of carbonyl (C=O) groups excluding carboxylic acids is 3. The van der Waals surface area contributed by atoms with Crippen molar-refractivity contribution in [3.8, 4) is 0 Å². The molecule has 0 radical (unpaired) electrons. The van der Waals surface area contributed by atoms with Gasteiger partial charge in [-0.3, -0.25) is 9.59 Å². The van der Waals surface area contributed by atoms with E-state index in [-0.39, 0.29) is 18.9 Å². The fourth-order valence-corrected chi connectivity index (χ4v) is 3.99. The molecular formula is C29H48N2O4. The van der Waals surface area contributed by atoms with Crippen LogP contribution in [0, 0.1) is 0 Å². The normalized spacial score (nSPS) is 10.7. The van der Waals surface area contributed by atoms with Crippen LogP contribution >= 0.6 is 0 Å². The Morgan fingerprint density at radius 1 is 0.629 bits per heavy atom. The van der Waals surface area contributed by atoms with Crippen LogP contribution in [-0.4, -0.2) is 37.5 Å². The van der Waals surface area contributed by atoms with Gasteiger partial charge < -0.3 is 15.4 Å². The van der Waals surface area contributed by atoms with Gasteiger partial charge in [0.05, 0.1) is 13.2 Å². The van der Waals surface area contributed by atoms with Gasteiger partial charge in [0.15, 0.2) is 5.78 Å². The average Bonchev–Trinajstić information content (AvgIpc) is 2.88. The maximum Gasteiger partial charge on any atom is 0.325 e. The summed E-state index contributed by atoms with van der Waals surface area (Å²) in [7, 11) is 0. The van der Waals surface area contributed by atoms with Crippen molar-refractivity contribution in [2.24, 2.45) is 0 Å². The first-order valence-electron chi connectivity index (χ1n) is 13.9. The number of ether oxygens (including phenoxy) is 1. The zero-order valence-electron chi connectivity index (χ0n) is 22.0. The lowest BCUT2D eigenvalue weighted by Crippen LogP contribution is -2.41. The highest BCUT2D eigenvalue weighted by molar-refractivity contribution is 5.99. The summed E-state index contributed by atoms with van der Waals surface area (Å²) in [5.74, 6) is -0.651. The number of unbranched alkanes of at least 4 members (excludes halogenated alkanes) is 15. The summed E-state index contributed by atoms with van der Waals surface area (Å²) in [6, 6.07) is 8.18. The van der Waals surface area contributed by atoms with Crippen molar-refractivity contribution >= 4 is 17.8 Å². The van der Waals surface area contributed by atoms with E-state index in [9.17, 15) is 14.4 Å². The van der Waals surface area contributed by atoms with Gasteiger partial charge in [-0.05, 0) is 6.42 Å². The van der Waals surface area contributed by atoms with Crippen LogP contribution in [0.25, 0.3) is 0 Å². The van der Waals surface area contributed by atoms with Crippen LogP contribution in [-0.2, 0) is 9.53 Å². The van der Waals surface area contributed by atoms with E-state index in [0.29, 0.717) is 12.2 Å². The molecular weight excluding hydrogens is 440 g/mol. The van der Waals surface area contributed by atoms with Crippen LogP contribution in [0.3, 0.4) is 0 Å². The van der Waals surface area contributed by atoms with Crippen LogP contribution < -0.4 is 10.6 Å². The quantitative estimate of drug-likeness (QED) is 0.105. The van der Waals surface area contributed by atoms with Crippen LogP contribution in [0.15, 0.2) is 30.3 Å². The highest BCUT2D eigenvalue weighted by Gasteiger charge is 2.09. The van der Waals surface area contributed by atoms with Crippen molar-refractivity contribution in [3.63, 3.8) is 0 Å². The lowest BCUT2D eigenvalue weighted by atomic mass is 10.0. The Bertz CT molecular complexity index is 679. The SMILES string of the molecule is CCCCCCCCCCCCCCCCCCOC(=O)CNC(=O)NCC(=O)c1ccccc1. The zero-order chi connectivity index (χ0) is 25.4. The second-order valence-electron chi connectivity index (χ2n) is 9.35. The van der Waals surface area contributed by atoms with Crippen molar-refractivity contribution in [1.29, 1.82) is 0 Å². The molecule has 0 bridgehead atoms. The molecule has 198 valence electrons. The maximum absolute atomic E-state index is 11.9. The van der Waals surface area contributed by atoms with Gasteiger partial charge in [-0.15, -0.1) is 0 Å². The largest absolute Gasteiger partial charge is 0.464 e. The number of Topliss-reactive ketones (excluding diaryl/α,β-unsaturated/α-hetero) is 1. The van der Waals surface area contributed by atoms with Gasteiger partial charge in [-0.2, -0.15) is 0 Å². The van der Waals surface area contributed by atoms with Crippen molar-refractivity contribution in [1.82, 2.24) is 10.6 Å². The van der Waals surface area contributed by atoms with E-state index in [1.807, 2.05) is 6.07 Å². The third kappa shape index (κ3) is 18.6. The Morgan fingerprint density at radius 2 is 1.09 bits per heavy atom. The summed E-state index contributed by atoms with van der Waals surface area (Å²) < 4.78 is 5.16. The predicted octanol–water partition coefficient (Wildman–Crippen LogP) is 6.97. The highest BCUT2D eigenvalue weighted by Crippen LogP contribution is 2.13. The van der Waals surface area contributed by atoms with Crippen molar-refractivity contribution < 1.29 is 19.1 Å². The first kappa shape index (κ1) is 30.7. The molecule has 0 saturated heterocycles. The Morgan fingerprint density at radius 3 is 1.60 bits per heavy atom. The van der Waals surface area contributed by atoms with E-state index in [2.05, 4.69) is 17.6 Å². The van der Waals surface area contributed by atoms with Gasteiger partial charge >= 0.3 is 12.0 Å². The molecule has 0 atom stereocenters. The monoisotopic (exact) mass is 488 g/mol. The first-order valence-corrected chi connectivity index (χ1v) is 13.9. The van der Waals surface area contributed by atoms with Crippen molar-refractivity contribution in [2.75, 3.05) is 19.7 Å². The number of rotatable bonds is 22. The number of urea groups is 1. The third-order valence-electron chi connectivity index (χ3n) is 6.16. The van der Waals surface area contributed by atoms with Gasteiger partial charge in [-0.1, -0.05) is 134 Å². The molecule has 0 unspecified atom stereocenters. The predicted molar refractivity (Wildman–Crippen MR) is 143 cm³/mol. The van der Waals surface area contributed by atoms with Crippen molar-refractivity contribution in [3.05, 3.63) is 35.9 Å². The number of nitrogens with one attached hydrogen (secondary N) is 2. The second kappa shape index (κ2) is 22.1. The number of esters is 1. The molecule has 0 saturated carbocycles. The summed E-state index contributed by atoms with van der Waals surface area (Å²) >= 11 is 0. The average molecular weight is 489 g/mol. The molecule has 6 heteroatoms. The van der Waals surface area contributed by atoms with E-state index in [1.54, 1.807) is 24.3 Å². The fraction of sp³-hybridized carbons (Fsp3) is 0.690. The Balaban J connectivity index is 1.83. The molecule has 1 aromatic carbocycles. The number of carbonyl (C=O) groups is 3. The Labute approximate surface area is 213 Å². The van der Waals surface area contributed by atoms with Gasteiger partial charge in [0.1, 0.15) is 6.54 Å². The van der Waals surface area contributed by atoms with E-state index in [0.717, 1.165) is 12.8 Å². The number of hydrogen-bond donors (Lipinski definition) is 2. The zero-order valence-corrected chi connectivity index (χ0v) is 22.0. The molecule has 1 aromatic rings. The molecule has 0 heterocycles. The minimum absolute atomic E-state index is 0.121. The molecule has 0 aromatic heterocycles. The summed E-state index contributed by atoms with van der Waals surface area (Å²) in [4.78, 5) is 35.4. The number of amides is 2. The molecule has 0 fully saturated rings. The number of benzene rings is 1. The standard InChI is InChI=1S/C29H48N2O4/c1-2-3-4-5-6-7-8-9-10-11-12-13-14-15-16-20-23-35-28(33)25-31-29(34)30-24-27(32)26-21-18-17-19-22-26/h17-19,21-22H,2-16,20,23-25H2,1H3,(H2,30,31,34). The minimum atomic E-state index is -0.561.